The number of hydrogen-bond donors (Lipinski definition) is 1. The van der Waals surface area contributed by atoms with Gasteiger partial charge in [0, 0.05) is 11.9 Å². The van der Waals surface area contributed by atoms with Crippen molar-refractivity contribution in [3.8, 4) is 11.5 Å². The van der Waals surface area contributed by atoms with E-state index in [9.17, 15) is 10.1 Å². The van der Waals surface area contributed by atoms with E-state index in [1.807, 2.05) is 12.1 Å². The number of ether oxygens (including phenoxy) is 2. The largest absolute Gasteiger partial charge is 0.454 e. The molecule has 8 heteroatoms. The number of nitro benzene ring substituents is 1. The smallest absolute Gasteiger partial charge is 0.282 e. The maximum Gasteiger partial charge on any atom is 0.282 e. The Morgan fingerprint density at radius 3 is 2.50 bits per heavy atom. The average Bonchev–Trinajstić information content (AvgIpc) is 3.19. The van der Waals surface area contributed by atoms with Crippen molar-refractivity contribution in [2.75, 3.05) is 44.4 Å². The summed E-state index contributed by atoms with van der Waals surface area (Å²) in [6, 6.07) is 10.9. The van der Waals surface area contributed by atoms with Crippen molar-refractivity contribution in [3.63, 3.8) is 0 Å². The minimum Gasteiger partial charge on any atom is -0.454 e. The molecule has 1 N–H and O–H groups in total. The van der Waals surface area contributed by atoms with Gasteiger partial charge in [-0.15, -0.1) is 0 Å². The van der Waals surface area contributed by atoms with Crippen molar-refractivity contribution in [2.45, 2.75) is 6.92 Å². The van der Waals surface area contributed by atoms with Gasteiger partial charge in [0.1, 0.15) is 0 Å². The number of benzene rings is 2. The highest BCUT2D eigenvalue weighted by atomic mass is 16.7. The first-order chi connectivity index (χ1) is 13.6. The Balaban J connectivity index is 1.49. The fourth-order valence-electron chi connectivity index (χ4n) is 3.54. The second kappa shape index (κ2) is 7.85. The fourth-order valence-corrected chi connectivity index (χ4v) is 3.54. The second-order valence-electron chi connectivity index (χ2n) is 6.89. The fraction of sp³-hybridized carbons (Fsp3) is 0.350. The molecule has 1 fully saturated rings. The lowest BCUT2D eigenvalue weighted by atomic mass is 10.1. The molecule has 0 unspecified atom stereocenters. The van der Waals surface area contributed by atoms with E-state index < -0.39 is 4.92 Å². The third kappa shape index (κ3) is 3.77. The summed E-state index contributed by atoms with van der Waals surface area (Å²) in [4.78, 5) is 19.3. The molecule has 2 aliphatic heterocycles. The Morgan fingerprint density at radius 2 is 1.86 bits per heavy atom. The molecule has 146 valence electrons. The van der Waals surface area contributed by atoms with Gasteiger partial charge in [-0.3, -0.25) is 15.1 Å². The number of hydrogen-bond acceptors (Lipinski definition) is 6. The lowest BCUT2D eigenvalue weighted by Crippen LogP contribution is -3.14. The maximum absolute atomic E-state index is 11.3. The Hall–Kier alpha value is -3.13. The lowest BCUT2D eigenvalue weighted by molar-refractivity contribution is -0.898. The highest BCUT2D eigenvalue weighted by Gasteiger charge is 2.22. The number of quaternary nitrogens is 1. The predicted molar refractivity (Wildman–Crippen MR) is 106 cm³/mol. The SMILES string of the molecule is CC[NH+]1CCN(c2ccc(N=Cc3cc4c(cc3[N+](=O)[O-])OCO4)cc2)CC1. The van der Waals surface area contributed by atoms with Gasteiger partial charge >= 0.3 is 0 Å². The molecule has 2 aromatic rings. The van der Waals surface area contributed by atoms with E-state index in [0.29, 0.717) is 17.1 Å². The highest BCUT2D eigenvalue weighted by Crippen LogP contribution is 2.37. The summed E-state index contributed by atoms with van der Waals surface area (Å²) in [7, 11) is 0. The molecule has 1 saturated heterocycles. The van der Waals surface area contributed by atoms with E-state index in [2.05, 4.69) is 28.9 Å². The van der Waals surface area contributed by atoms with Crippen LogP contribution in [-0.4, -0.2) is 50.7 Å². The molecule has 2 heterocycles. The number of aliphatic imine (C=N–C) groups is 1. The van der Waals surface area contributed by atoms with E-state index in [0.717, 1.165) is 31.9 Å². The van der Waals surface area contributed by atoms with Gasteiger partial charge in [0.2, 0.25) is 6.79 Å². The summed E-state index contributed by atoms with van der Waals surface area (Å²) < 4.78 is 10.5. The molecule has 2 aromatic carbocycles. The number of nitrogens with zero attached hydrogens (tertiary/aromatic N) is 3. The zero-order valence-electron chi connectivity index (χ0n) is 15.8. The monoisotopic (exact) mass is 383 g/mol. The van der Waals surface area contributed by atoms with Crippen molar-refractivity contribution in [2.24, 2.45) is 4.99 Å². The summed E-state index contributed by atoms with van der Waals surface area (Å²) >= 11 is 0. The van der Waals surface area contributed by atoms with E-state index in [1.54, 1.807) is 11.0 Å². The maximum atomic E-state index is 11.3. The van der Waals surface area contributed by atoms with Crippen molar-refractivity contribution in [1.82, 2.24) is 0 Å². The molecule has 0 radical (unpaired) electrons. The van der Waals surface area contributed by atoms with Crippen LogP contribution >= 0.6 is 0 Å². The number of likely N-dealkylation sites (N-methyl/N-ethyl adjacent to an activating group) is 1. The van der Waals surface area contributed by atoms with Gasteiger partial charge in [0.05, 0.1) is 55.0 Å². The average molecular weight is 383 g/mol. The molecule has 8 nitrogen and oxygen atoms in total. The van der Waals surface area contributed by atoms with Crippen LogP contribution < -0.4 is 19.3 Å². The van der Waals surface area contributed by atoms with Gasteiger partial charge in [0.15, 0.2) is 11.5 Å². The van der Waals surface area contributed by atoms with Crippen LogP contribution in [-0.2, 0) is 0 Å². The first-order valence-electron chi connectivity index (χ1n) is 9.44. The van der Waals surface area contributed by atoms with Crippen molar-refractivity contribution in [1.29, 1.82) is 0 Å². The van der Waals surface area contributed by atoms with Gasteiger partial charge in [-0.2, -0.15) is 0 Å². The molecular formula is C20H23N4O4+. The number of fused-ring (bicyclic) bond motifs is 1. The predicted octanol–water partition coefficient (Wildman–Crippen LogP) is 1.80. The Kier molecular flexibility index (Phi) is 5.12. The molecule has 0 bridgehead atoms. The zero-order valence-corrected chi connectivity index (χ0v) is 15.8. The van der Waals surface area contributed by atoms with Crippen LogP contribution in [0.3, 0.4) is 0 Å². The second-order valence-corrected chi connectivity index (χ2v) is 6.89. The molecule has 28 heavy (non-hydrogen) atoms. The first-order valence-corrected chi connectivity index (χ1v) is 9.44. The van der Waals surface area contributed by atoms with Crippen LogP contribution in [0.4, 0.5) is 17.1 Å². The van der Waals surface area contributed by atoms with E-state index >= 15 is 0 Å². The van der Waals surface area contributed by atoms with Crippen LogP contribution in [0.15, 0.2) is 41.4 Å². The van der Waals surface area contributed by atoms with Gasteiger partial charge in [-0.05, 0) is 37.3 Å². The summed E-state index contributed by atoms with van der Waals surface area (Å²) in [5.41, 5.74) is 2.26. The summed E-state index contributed by atoms with van der Waals surface area (Å²) in [6.07, 6.45) is 1.50. The molecule has 0 aliphatic carbocycles. The first kappa shape index (κ1) is 18.2. The normalized spacial score (nSPS) is 16.7. The summed E-state index contributed by atoms with van der Waals surface area (Å²) in [5, 5.41) is 11.3. The molecule has 0 atom stereocenters. The van der Waals surface area contributed by atoms with Crippen LogP contribution in [0.5, 0.6) is 11.5 Å². The Morgan fingerprint density at radius 1 is 1.18 bits per heavy atom. The summed E-state index contributed by atoms with van der Waals surface area (Å²) in [6.45, 7) is 7.89. The molecule has 4 rings (SSSR count). The van der Waals surface area contributed by atoms with E-state index in [1.165, 1.54) is 24.5 Å². The number of anilines is 1. The topological polar surface area (TPSA) is 81.6 Å². The molecule has 2 aliphatic rings. The van der Waals surface area contributed by atoms with Crippen molar-refractivity contribution >= 4 is 23.3 Å². The molecule has 0 amide bonds. The third-order valence-corrected chi connectivity index (χ3v) is 5.26. The molecule has 0 saturated carbocycles. The minimum absolute atomic E-state index is 0.0547. The quantitative estimate of drug-likeness (QED) is 0.484. The lowest BCUT2D eigenvalue weighted by Gasteiger charge is -2.33. The van der Waals surface area contributed by atoms with E-state index in [-0.39, 0.29) is 12.5 Å². The van der Waals surface area contributed by atoms with Gasteiger partial charge < -0.3 is 19.3 Å². The van der Waals surface area contributed by atoms with Crippen LogP contribution in [0.2, 0.25) is 0 Å². The Labute approximate surface area is 163 Å². The highest BCUT2D eigenvalue weighted by molar-refractivity contribution is 5.88. The van der Waals surface area contributed by atoms with Crippen LogP contribution in [0.25, 0.3) is 0 Å². The number of nitrogens with one attached hydrogen (secondary N) is 1. The number of rotatable bonds is 5. The number of nitro groups is 1. The van der Waals surface area contributed by atoms with Crippen LogP contribution in [0.1, 0.15) is 12.5 Å². The van der Waals surface area contributed by atoms with Gasteiger partial charge in [-0.25, -0.2) is 0 Å². The number of piperazine rings is 1. The van der Waals surface area contributed by atoms with E-state index in [4.69, 9.17) is 9.47 Å². The van der Waals surface area contributed by atoms with Gasteiger partial charge in [0.25, 0.3) is 5.69 Å². The third-order valence-electron chi connectivity index (χ3n) is 5.26. The summed E-state index contributed by atoms with van der Waals surface area (Å²) in [5.74, 6) is 0.883. The van der Waals surface area contributed by atoms with Crippen molar-refractivity contribution < 1.29 is 19.3 Å². The zero-order chi connectivity index (χ0) is 19.5. The van der Waals surface area contributed by atoms with Crippen LogP contribution in [0, 0.1) is 10.1 Å². The molecular weight excluding hydrogens is 360 g/mol. The Bertz CT molecular complexity index is 890. The standard InChI is InChI=1S/C20H22N4O4/c1-2-22-7-9-23(10-8-22)17-5-3-16(4-6-17)21-13-15-11-19-20(28-14-27-19)12-18(15)24(25)26/h3-6,11-13H,2,7-10,14H2,1H3/p+1. The minimum atomic E-state index is -0.440. The van der Waals surface area contributed by atoms with Crippen molar-refractivity contribution in [3.05, 3.63) is 52.1 Å². The molecule has 0 spiro atoms. The van der Waals surface area contributed by atoms with Gasteiger partial charge in [-0.1, -0.05) is 0 Å². The molecule has 0 aromatic heterocycles.